The van der Waals surface area contributed by atoms with E-state index in [2.05, 4.69) is 68.9 Å². The van der Waals surface area contributed by atoms with E-state index in [1.807, 2.05) is 0 Å². The second-order valence-corrected chi connectivity index (χ2v) is 12.6. The Labute approximate surface area is 192 Å². The molecule has 0 aromatic carbocycles. The maximum absolute atomic E-state index is 12.7. The van der Waals surface area contributed by atoms with Crippen LogP contribution in [0.1, 0.15) is 88.0 Å². The second-order valence-electron chi connectivity index (χ2n) is 12.6. The van der Waals surface area contributed by atoms with Crippen LogP contribution in [-0.2, 0) is 28.7 Å². The summed E-state index contributed by atoms with van der Waals surface area (Å²) in [5.74, 6) is -3.80. The Balaban J connectivity index is 2.44. The van der Waals surface area contributed by atoms with Crippen LogP contribution in [0.15, 0.2) is 12.2 Å². The van der Waals surface area contributed by atoms with Gasteiger partial charge in [-0.25, -0.2) is 0 Å². The maximum atomic E-state index is 12.7. The van der Waals surface area contributed by atoms with Gasteiger partial charge in [-0.05, 0) is 40.4 Å². The molecule has 2 fully saturated rings. The number of hydrogen-bond donors (Lipinski definition) is 0. The zero-order valence-corrected chi connectivity index (χ0v) is 21.2. The van der Waals surface area contributed by atoms with Crippen LogP contribution < -0.4 is 0 Å². The molecule has 2 saturated heterocycles. The fourth-order valence-corrected chi connectivity index (χ4v) is 5.18. The van der Waals surface area contributed by atoms with Gasteiger partial charge in [-0.3, -0.25) is 19.2 Å². The Morgan fingerprint density at radius 2 is 1.34 bits per heavy atom. The molecule has 0 N–H and O–H groups in total. The molecular formula is C26H40O6. The van der Waals surface area contributed by atoms with Crippen molar-refractivity contribution in [2.45, 2.75) is 88.0 Å². The third-order valence-corrected chi connectivity index (χ3v) is 8.65. The van der Waals surface area contributed by atoms with Gasteiger partial charge < -0.3 is 9.47 Å². The van der Waals surface area contributed by atoms with Crippen LogP contribution >= 0.6 is 0 Å². The Hall–Kier alpha value is -1.98. The lowest BCUT2D eigenvalue weighted by atomic mass is 9.50. The zero-order chi connectivity index (χ0) is 24.9. The largest absolute Gasteiger partial charge is 0.393 e. The lowest BCUT2D eigenvalue weighted by Gasteiger charge is -2.54. The fourth-order valence-electron chi connectivity index (χ4n) is 5.18. The second kappa shape index (κ2) is 8.42. The third-order valence-electron chi connectivity index (χ3n) is 8.65. The standard InChI is InChI=1S/C26H40O6/c1-15(11-16-12-18(27)31-21(16)29)20(17-13-19(28)32-22(17)30)26(9,10)25(7,8)14-24(5,6)23(2,3)4/h16-17,20H,1,11-14H2,2-10H3. The van der Waals surface area contributed by atoms with E-state index in [-0.39, 0.29) is 35.5 Å². The van der Waals surface area contributed by atoms with Crippen molar-refractivity contribution in [2.75, 3.05) is 0 Å². The van der Waals surface area contributed by atoms with Crippen molar-refractivity contribution in [3.05, 3.63) is 12.2 Å². The molecule has 32 heavy (non-hydrogen) atoms. The fraction of sp³-hybridized carbons (Fsp3) is 0.769. The average Bonchev–Trinajstić information content (AvgIpc) is 3.05. The van der Waals surface area contributed by atoms with Crippen molar-refractivity contribution in [1.82, 2.24) is 0 Å². The first-order valence-corrected chi connectivity index (χ1v) is 11.5. The van der Waals surface area contributed by atoms with Crippen LogP contribution in [0.2, 0.25) is 0 Å². The first-order valence-electron chi connectivity index (χ1n) is 11.5. The Morgan fingerprint density at radius 1 is 0.844 bits per heavy atom. The van der Waals surface area contributed by atoms with Crippen molar-refractivity contribution < 1.29 is 28.7 Å². The van der Waals surface area contributed by atoms with Gasteiger partial charge in [-0.2, -0.15) is 0 Å². The van der Waals surface area contributed by atoms with Gasteiger partial charge in [0.25, 0.3) is 0 Å². The van der Waals surface area contributed by atoms with Gasteiger partial charge in [-0.15, -0.1) is 0 Å². The molecule has 3 unspecified atom stereocenters. The van der Waals surface area contributed by atoms with Crippen LogP contribution in [-0.4, -0.2) is 23.9 Å². The van der Waals surface area contributed by atoms with Crippen molar-refractivity contribution >= 4 is 23.9 Å². The molecule has 180 valence electrons. The minimum absolute atomic E-state index is 0.00125. The first kappa shape index (κ1) is 26.3. The third kappa shape index (κ3) is 4.99. The predicted octanol–water partition coefficient (Wildman–Crippen LogP) is 5.24. The van der Waals surface area contributed by atoms with Gasteiger partial charge in [0, 0.05) is 0 Å². The van der Waals surface area contributed by atoms with E-state index in [1.165, 1.54) is 0 Å². The molecule has 6 nitrogen and oxygen atoms in total. The summed E-state index contributed by atoms with van der Waals surface area (Å²) in [6.45, 7) is 24.0. The molecule has 0 aliphatic carbocycles. The van der Waals surface area contributed by atoms with E-state index >= 15 is 0 Å². The lowest BCUT2D eigenvalue weighted by Crippen LogP contribution is -2.48. The Bertz CT molecular complexity index is 824. The molecular weight excluding hydrogens is 408 g/mol. The molecule has 0 aromatic rings. The zero-order valence-electron chi connectivity index (χ0n) is 21.2. The highest BCUT2D eigenvalue weighted by atomic mass is 16.6. The van der Waals surface area contributed by atoms with Crippen LogP contribution in [0.25, 0.3) is 0 Å². The summed E-state index contributed by atoms with van der Waals surface area (Å²) in [5, 5.41) is 0. The predicted molar refractivity (Wildman–Crippen MR) is 121 cm³/mol. The molecule has 0 bridgehead atoms. The van der Waals surface area contributed by atoms with Gasteiger partial charge in [0.05, 0.1) is 24.7 Å². The van der Waals surface area contributed by atoms with E-state index in [0.717, 1.165) is 6.42 Å². The number of cyclic esters (lactones) is 4. The van der Waals surface area contributed by atoms with E-state index in [0.29, 0.717) is 5.57 Å². The molecule has 0 radical (unpaired) electrons. The molecule has 6 heteroatoms. The number of hydrogen-bond acceptors (Lipinski definition) is 6. The van der Waals surface area contributed by atoms with E-state index in [1.54, 1.807) is 0 Å². The van der Waals surface area contributed by atoms with E-state index < -0.39 is 47.0 Å². The molecule has 2 aliphatic heterocycles. The quantitative estimate of drug-likeness (QED) is 0.287. The van der Waals surface area contributed by atoms with Crippen LogP contribution in [0.3, 0.4) is 0 Å². The highest BCUT2D eigenvalue weighted by molar-refractivity contribution is 5.95. The summed E-state index contributed by atoms with van der Waals surface area (Å²) >= 11 is 0. The number of rotatable bonds is 8. The van der Waals surface area contributed by atoms with Gasteiger partial charge in [0.2, 0.25) is 0 Å². The summed E-state index contributed by atoms with van der Waals surface area (Å²) in [6.07, 6.45) is 1.13. The highest BCUT2D eigenvalue weighted by Crippen LogP contribution is 2.58. The van der Waals surface area contributed by atoms with E-state index in [4.69, 9.17) is 9.47 Å². The summed E-state index contributed by atoms with van der Waals surface area (Å²) in [7, 11) is 0. The molecule has 0 spiro atoms. The maximum Gasteiger partial charge on any atom is 0.317 e. The number of ether oxygens (including phenoxy) is 2. The summed E-state index contributed by atoms with van der Waals surface area (Å²) < 4.78 is 9.62. The van der Waals surface area contributed by atoms with Gasteiger partial charge in [0.15, 0.2) is 0 Å². The minimum Gasteiger partial charge on any atom is -0.393 e. The lowest BCUT2D eigenvalue weighted by molar-refractivity contribution is -0.155. The summed E-state index contributed by atoms with van der Waals surface area (Å²) in [5.41, 5.74) is 0.0176. The average molecular weight is 449 g/mol. The molecule has 0 saturated carbocycles. The topological polar surface area (TPSA) is 86.7 Å². The molecule has 2 rings (SSSR count). The Kier molecular flexibility index (Phi) is 6.91. The Morgan fingerprint density at radius 3 is 1.75 bits per heavy atom. The summed E-state index contributed by atoms with van der Waals surface area (Å²) in [4.78, 5) is 48.3. The molecule has 0 aromatic heterocycles. The van der Waals surface area contributed by atoms with Gasteiger partial charge >= 0.3 is 23.9 Å². The highest BCUT2D eigenvalue weighted by Gasteiger charge is 2.54. The van der Waals surface area contributed by atoms with Crippen LogP contribution in [0.5, 0.6) is 0 Å². The smallest absolute Gasteiger partial charge is 0.317 e. The number of carbonyl (C=O) groups is 4. The van der Waals surface area contributed by atoms with Crippen molar-refractivity contribution in [3.63, 3.8) is 0 Å². The van der Waals surface area contributed by atoms with Crippen molar-refractivity contribution in [3.8, 4) is 0 Å². The van der Waals surface area contributed by atoms with Crippen LogP contribution in [0.4, 0.5) is 0 Å². The molecule has 0 amide bonds. The molecule has 3 atom stereocenters. The number of esters is 4. The van der Waals surface area contributed by atoms with Crippen molar-refractivity contribution in [1.29, 1.82) is 0 Å². The molecule has 2 heterocycles. The molecule has 2 aliphatic rings. The first-order chi connectivity index (χ1) is 14.3. The van der Waals surface area contributed by atoms with Crippen molar-refractivity contribution in [2.24, 2.45) is 39.4 Å². The minimum atomic E-state index is -0.657. The van der Waals surface area contributed by atoms with Crippen LogP contribution in [0, 0.1) is 39.4 Å². The van der Waals surface area contributed by atoms with Gasteiger partial charge in [-0.1, -0.05) is 74.5 Å². The SMILES string of the molecule is C=C(CC1CC(=O)OC1=O)C(C1CC(=O)OC1=O)C(C)(C)C(C)(C)CC(C)(C)C(C)(C)C. The monoisotopic (exact) mass is 448 g/mol. The van der Waals surface area contributed by atoms with E-state index in [9.17, 15) is 19.2 Å². The van der Waals surface area contributed by atoms with Gasteiger partial charge in [0.1, 0.15) is 0 Å². The number of carbonyl (C=O) groups excluding carboxylic acids is 4. The number of allylic oxidation sites excluding steroid dienone is 1. The normalized spacial score (nSPS) is 23.9. The summed E-state index contributed by atoms with van der Waals surface area (Å²) in [6, 6.07) is 0.